The normalized spacial score (nSPS) is 31.1. The number of hydrogen-bond acceptors (Lipinski definition) is 3. The van der Waals surface area contributed by atoms with Crippen molar-refractivity contribution in [2.24, 2.45) is 17.8 Å². The molecule has 4 bridgehead atoms. The van der Waals surface area contributed by atoms with E-state index >= 15 is 0 Å². The Morgan fingerprint density at radius 1 is 1.21 bits per heavy atom. The van der Waals surface area contributed by atoms with Crippen LogP contribution in [0, 0.1) is 24.7 Å². The number of amides is 1. The van der Waals surface area contributed by atoms with E-state index in [0.29, 0.717) is 11.3 Å². The molecule has 1 N–H and O–H groups in total. The number of carbonyl (C=O) groups is 1. The van der Waals surface area contributed by atoms with Crippen molar-refractivity contribution >= 4 is 17.6 Å². The molecule has 0 atom stereocenters. The summed E-state index contributed by atoms with van der Waals surface area (Å²) >= 11 is 0. The predicted octanol–water partition coefficient (Wildman–Crippen LogP) is 4.15. The maximum Gasteiger partial charge on any atom is 0.433 e. The molecule has 1 amide bonds. The lowest BCUT2D eigenvalue weighted by Gasteiger charge is -2.56. The van der Waals surface area contributed by atoms with E-state index in [1.54, 1.807) is 6.92 Å². The van der Waals surface area contributed by atoms with E-state index in [9.17, 15) is 18.0 Å². The van der Waals surface area contributed by atoms with E-state index in [0.717, 1.165) is 53.8 Å². The van der Waals surface area contributed by atoms with Crippen molar-refractivity contribution in [3.8, 4) is 0 Å². The van der Waals surface area contributed by atoms with Gasteiger partial charge in [-0.1, -0.05) is 0 Å². The predicted molar refractivity (Wildman–Crippen MR) is 101 cm³/mol. The number of halogens is 3. The van der Waals surface area contributed by atoms with Crippen molar-refractivity contribution in [2.75, 3.05) is 0 Å². The van der Waals surface area contributed by atoms with Gasteiger partial charge in [-0.25, -0.2) is 9.50 Å². The molecule has 4 saturated carbocycles. The summed E-state index contributed by atoms with van der Waals surface area (Å²) in [5, 5.41) is 7.23. The summed E-state index contributed by atoms with van der Waals surface area (Å²) in [7, 11) is 0. The van der Waals surface area contributed by atoms with Gasteiger partial charge in [-0.3, -0.25) is 4.79 Å². The van der Waals surface area contributed by atoms with Gasteiger partial charge in [0.25, 0.3) is 0 Å². The number of fused-ring (bicyclic) bond motifs is 1. The molecule has 0 spiro atoms. The molecule has 5 nitrogen and oxygen atoms in total. The van der Waals surface area contributed by atoms with Crippen LogP contribution in [0.15, 0.2) is 18.3 Å². The van der Waals surface area contributed by atoms with Gasteiger partial charge in [-0.15, -0.1) is 0 Å². The minimum Gasteiger partial charge on any atom is -0.347 e. The molecule has 0 aliphatic heterocycles. The number of aryl methyl sites for hydroxylation is 1. The van der Waals surface area contributed by atoms with E-state index in [1.165, 1.54) is 31.4 Å². The summed E-state index contributed by atoms with van der Waals surface area (Å²) in [6.07, 6.45) is 6.54. The summed E-state index contributed by atoms with van der Waals surface area (Å²) in [5.41, 5.74) is -0.0714. The van der Waals surface area contributed by atoms with Gasteiger partial charge in [0, 0.05) is 23.4 Å². The molecule has 154 valence electrons. The van der Waals surface area contributed by atoms with Gasteiger partial charge in [0.2, 0.25) is 5.91 Å². The molecule has 8 heteroatoms. The van der Waals surface area contributed by atoms with Gasteiger partial charge in [-0.2, -0.15) is 18.3 Å². The average molecular weight is 404 g/mol. The van der Waals surface area contributed by atoms with Crippen LogP contribution in [0.5, 0.6) is 0 Å². The molecular weight excluding hydrogens is 381 g/mol. The number of aromatic nitrogens is 3. The van der Waals surface area contributed by atoms with Gasteiger partial charge >= 0.3 is 6.18 Å². The third-order valence-corrected chi connectivity index (χ3v) is 6.86. The van der Waals surface area contributed by atoms with E-state index in [1.807, 2.05) is 0 Å². The second-order valence-corrected chi connectivity index (χ2v) is 9.08. The van der Waals surface area contributed by atoms with Crippen LogP contribution in [-0.2, 0) is 11.0 Å². The van der Waals surface area contributed by atoms with Crippen molar-refractivity contribution < 1.29 is 18.0 Å². The number of nitrogens with zero attached hydrogens (tertiary/aromatic N) is 3. The maximum atomic E-state index is 13.2. The molecule has 0 saturated heterocycles. The smallest absolute Gasteiger partial charge is 0.347 e. The molecule has 0 radical (unpaired) electrons. The van der Waals surface area contributed by atoms with Gasteiger partial charge in [0.15, 0.2) is 5.65 Å². The standard InChI is InChI=1S/C21H23F3N4O/c1-12-16(19-25-5-4-17(21(22,23)24)28(19)27-12)2-3-18(29)26-20-9-13-6-14(10-20)8-15(7-13)11-20/h2-5,13-15H,6-11H2,1H3,(H,26,29)/b3-2+. The van der Waals surface area contributed by atoms with Crippen molar-refractivity contribution in [1.29, 1.82) is 0 Å². The maximum absolute atomic E-state index is 13.2. The molecule has 2 heterocycles. The molecule has 4 aliphatic rings. The second-order valence-electron chi connectivity index (χ2n) is 9.08. The van der Waals surface area contributed by atoms with E-state index in [-0.39, 0.29) is 17.1 Å². The van der Waals surface area contributed by atoms with Gasteiger partial charge < -0.3 is 5.32 Å². The minimum absolute atomic E-state index is 0.0937. The SMILES string of the molecule is Cc1nn2c(C(F)(F)F)ccnc2c1/C=C/C(=O)NC12CC3CC(CC(C3)C1)C2. The number of carbonyl (C=O) groups excluding carboxylic acids is 1. The zero-order chi connectivity index (χ0) is 20.4. The van der Waals surface area contributed by atoms with Crippen molar-refractivity contribution in [2.45, 2.75) is 57.2 Å². The molecule has 2 aromatic rings. The molecule has 0 aromatic carbocycles. The molecule has 2 aromatic heterocycles. The van der Waals surface area contributed by atoms with Gasteiger partial charge in [0.1, 0.15) is 5.69 Å². The Bertz CT molecular complexity index is 972. The van der Waals surface area contributed by atoms with Crippen LogP contribution in [0.1, 0.15) is 55.5 Å². The van der Waals surface area contributed by atoms with E-state index in [4.69, 9.17) is 0 Å². The quantitative estimate of drug-likeness (QED) is 0.782. The Labute approximate surface area is 166 Å². The molecule has 0 unspecified atom stereocenters. The highest BCUT2D eigenvalue weighted by atomic mass is 19.4. The fourth-order valence-corrected chi connectivity index (χ4v) is 6.20. The largest absolute Gasteiger partial charge is 0.433 e. The van der Waals surface area contributed by atoms with Crippen molar-refractivity contribution in [3.05, 3.63) is 35.3 Å². The first-order chi connectivity index (χ1) is 13.7. The topological polar surface area (TPSA) is 59.3 Å². The molecule has 29 heavy (non-hydrogen) atoms. The van der Waals surface area contributed by atoms with Crippen LogP contribution < -0.4 is 5.32 Å². The first-order valence-corrected chi connectivity index (χ1v) is 10.1. The minimum atomic E-state index is -4.53. The fraction of sp³-hybridized carbons (Fsp3) is 0.571. The van der Waals surface area contributed by atoms with Gasteiger partial charge in [0.05, 0.1) is 5.69 Å². The molecule has 4 aliphatic carbocycles. The second kappa shape index (κ2) is 6.31. The van der Waals surface area contributed by atoms with Gasteiger partial charge in [-0.05, 0) is 75.3 Å². The lowest BCUT2D eigenvalue weighted by atomic mass is 9.53. The summed E-state index contributed by atoms with van der Waals surface area (Å²) in [6.45, 7) is 1.62. The van der Waals surface area contributed by atoms with E-state index in [2.05, 4.69) is 15.4 Å². The highest BCUT2D eigenvalue weighted by Gasteiger charge is 2.51. The first kappa shape index (κ1) is 18.6. The molecule has 4 fully saturated rings. The zero-order valence-electron chi connectivity index (χ0n) is 16.2. The monoisotopic (exact) mass is 404 g/mol. The Balaban J connectivity index is 1.38. The van der Waals surface area contributed by atoms with Crippen LogP contribution in [0.4, 0.5) is 13.2 Å². The van der Waals surface area contributed by atoms with Crippen molar-refractivity contribution in [3.63, 3.8) is 0 Å². The highest BCUT2D eigenvalue weighted by Crippen LogP contribution is 2.55. The fourth-order valence-electron chi connectivity index (χ4n) is 6.20. The number of rotatable bonds is 3. The van der Waals surface area contributed by atoms with Crippen LogP contribution in [-0.4, -0.2) is 26.0 Å². The third-order valence-electron chi connectivity index (χ3n) is 6.86. The highest BCUT2D eigenvalue weighted by molar-refractivity contribution is 5.93. The van der Waals surface area contributed by atoms with E-state index < -0.39 is 11.9 Å². The van der Waals surface area contributed by atoms with Crippen LogP contribution in [0.3, 0.4) is 0 Å². The average Bonchev–Trinajstić information content (AvgIpc) is 2.92. The summed E-state index contributed by atoms with van der Waals surface area (Å²) in [6, 6.07) is 0.896. The zero-order valence-corrected chi connectivity index (χ0v) is 16.2. The van der Waals surface area contributed by atoms with Crippen LogP contribution in [0.2, 0.25) is 0 Å². The molecule has 6 rings (SSSR count). The Kier molecular flexibility index (Phi) is 4.05. The third kappa shape index (κ3) is 3.22. The number of hydrogen-bond donors (Lipinski definition) is 1. The lowest BCUT2D eigenvalue weighted by molar-refractivity contribution is -0.142. The summed E-state index contributed by atoms with van der Waals surface area (Å²) < 4.78 is 40.4. The Morgan fingerprint density at radius 2 is 1.83 bits per heavy atom. The summed E-state index contributed by atoms with van der Waals surface area (Å²) in [4.78, 5) is 16.7. The first-order valence-electron chi connectivity index (χ1n) is 10.1. The van der Waals surface area contributed by atoms with Crippen LogP contribution in [0.25, 0.3) is 11.7 Å². The molecular formula is C21H23F3N4O. The Morgan fingerprint density at radius 3 is 2.41 bits per heavy atom. The Hall–Kier alpha value is -2.38. The number of alkyl halides is 3. The number of nitrogens with one attached hydrogen (secondary N) is 1. The van der Waals surface area contributed by atoms with Crippen molar-refractivity contribution in [1.82, 2.24) is 19.9 Å². The lowest BCUT2D eigenvalue weighted by Crippen LogP contribution is -2.59. The van der Waals surface area contributed by atoms with Crippen LogP contribution >= 0.6 is 0 Å². The summed E-state index contributed by atoms with van der Waals surface area (Å²) in [5.74, 6) is 1.96.